The molecule has 8 heteroatoms. The van der Waals surface area contributed by atoms with Gasteiger partial charge in [-0.05, 0) is 74.0 Å². The van der Waals surface area contributed by atoms with Crippen LogP contribution >= 0.6 is 0 Å². The number of benzene rings is 3. The molecule has 1 unspecified atom stereocenters. The number of nitrogens with one attached hydrogen (secondary N) is 1. The molecule has 1 aliphatic heterocycles. The van der Waals surface area contributed by atoms with E-state index >= 15 is 0 Å². The Kier molecular flexibility index (Phi) is 10.0. The standard InChI is InChI=1S/C31H36FN3O3S/c1-3-5-18-34(19-6-4-2)20-17-33-30(36)24-13-16-29-27(21-24)35(22-23-11-14-25(32)15-12-23)31(37)26-9-7-8-10-28(26)39(29)38/h7-16,21H,3-6,17-20,22H2,1-2H3,(H,33,36). The Morgan fingerprint density at radius 3 is 2.31 bits per heavy atom. The molecule has 0 fully saturated rings. The van der Waals surface area contributed by atoms with Crippen LogP contribution in [0.4, 0.5) is 10.1 Å². The zero-order valence-corrected chi connectivity index (χ0v) is 23.4. The number of rotatable bonds is 12. The van der Waals surface area contributed by atoms with Gasteiger partial charge in [0.2, 0.25) is 0 Å². The topological polar surface area (TPSA) is 69.7 Å². The zero-order chi connectivity index (χ0) is 27.8. The molecule has 3 aromatic rings. The summed E-state index contributed by atoms with van der Waals surface area (Å²) >= 11 is 0. The van der Waals surface area contributed by atoms with Crippen molar-refractivity contribution in [2.75, 3.05) is 31.1 Å². The van der Waals surface area contributed by atoms with Gasteiger partial charge >= 0.3 is 0 Å². The maximum Gasteiger partial charge on any atom is 0.259 e. The lowest BCUT2D eigenvalue weighted by molar-refractivity contribution is 0.0944. The van der Waals surface area contributed by atoms with Gasteiger partial charge in [0.15, 0.2) is 0 Å². The summed E-state index contributed by atoms with van der Waals surface area (Å²) in [5, 5.41) is 3.01. The van der Waals surface area contributed by atoms with Crippen molar-refractivity contribution in [3.63, 3.8) is 0 Å². The van der Waals surface area contributed by atoms with Gasteiger partial charge in [-0.15, -0.1) is 0 Å². The van der Waals surface area contributed by atoms with Crippen LogP contribution in [0.3, 0.4) is 0 Å². The van der Waals surface area contributed by atoms with E-state index in [0.717, 1.165) is 50.9 Å². The van der Waals surface area contributed by atoms with Crippen molar-refractivity contribution in [2.45, 2.75) is 55.9 Å². The van der Waals surface area contributed by atoms with Crippen LogP contribution in [0.15, 0.2) is 76.5 Å². The molecule has 0 spiro atoms. The van der Waals surface area contributed by atoms with Gasteiger partial charge < -0.3 is 15.1 Å². The lowest BCUT2D eigenvalue weighted by atomic mass is 10.1. The lowest BCUT2D eigenvalue weighted by Gasteiger charge is -2.24. The molecule has 0 saturated heterocycles. The minimum atomic E-state index is -1.61. The van der Waals surface area contributed by atoms with E-state index in [1.54, 1.807) is 54.6 Å². The maximum atomic E-state index is 13.7. The van der Waals surface area contributed by atoms with Gasteiger partial charge in [-0.25, -0.2) is 8.60 Å². The third-order valence-corrected chi connectivity index (χ3v) is 8.40. The highest BCUT2D eigenvalue weighted by atomic mass is 32.2. The van der Waals surface area contributed by atoms with Gasteiger partial charge in [0.25, 0.3) is 11.8 Å². The van der Waals surface area contributed by atoms with Crippen molar-refractivity contribution in [1.29, 1.82) is 0 Å². The molecule has 1 heterocycles. The number of hydrogen-bond acceptors (Lipinski definition) is 4. The molecule has 0 saturated carbocycles. The highest BCUT2D eigenvalue weighted by Gasteiger charge is 2.31. The Balaban J connectivity index is 1.60. The molecule has 3 aromatic carbocycles. The van der Waals surface area contributed by atoms with E-state index in [1.165, 1.54) is 17.0 Å². The Morgan fingerprint density at radius 1 is 0.923 bits per heavy atom. The first kappa shape index (κ1) is 28.6. The molecule has 2 amide bonds. The zero-order valence-electron chi connectivity index (χ0n) is 22.6. The van der Waals surface area contributed by atoms with Crippen molar-refractivity contribution in [3.8, 4) is 0 Å². The van der Waals surface area contributed by atoms with Crippen molar-refractivity contribution in [3.05, 3.63) is 89.2 Å². The van der Waals surface area contributed by atoms with Gasteiger partial charge in [0.05, 0.1) is 38.4 Å². The number of carbonyl (C=O) groups is 2. The van der Waals surface area contributed by atoms with Gasteiger partial charge in [-0.1, -0.05) is 51.0 Å². The Labute approximate surface area is 232 Å². The molecule has 0 bridgehead atoms. The third kappa shape index (κ3) is 6.99. The van der Waals surface area contributed by atoms with Crippen molar-refractivity contribution >= 4 is 28.3 Å². The minimum absolute atomic E-state index is 0.145. The number of hydrogen-bond donors (Lipinski definition) is 1. The quantitative estimate of drug-likeness (QED) is 0.311. The number of unbranched alkanes of at least 4 members (excludes halogenated alkanes) is 2. The van der Waals surface area contributed by atoms with Crippen LogP contribution in [0.25, 0.3) is 0 Å². The third-order valence-electron chi connectivity index (χ3n) is 6.90. The molecule has 1 atom stereocenters. The van der Waals surface area contributed by atoms with Crippen LogP contribution in [0.5, 0.6) is 0 Å². The minimum Gasteiger partial charge on any atom is -0.351 e. The van der Waals surface area contributed by atoms with Crippen LogP contribution in [0.1, 0.15) is 65.8 Å². The maximum absolute atomic E-state index is 13.7. The van der Waals surface area contributed by atoms with E-state index in [-0.39, 0.29) is 24.2 Å². The molecule has 39 heavy (non-hydrogen) atoms. The smallest absolute Gasteiger partial charge is 0.259 e. The van der Waals surface area contributed by atoms with Crippen molar-refractivity contribution < 1.29 is 18.2 Å². The number of carbonyl (C=O) groups excluding carboxylic acids is 2. The largest absolute Gasteiger partial charge is 0.351 e. The van der Waals surface area contributed by atoms with E-state index in [1.807, 2.05) is 0 Å². The summed E-state index contributed by atoms with van der Waals surface area (Å²) in [5.74, 6) is -0.928. The van der Waals surface area contributed by atoms with Gasteiger partial charge in [-0.3, -0.25) is 9.59 Å². The second-order valence-corrected chi connectivity index (χ2v) is 11.2. The molecule has 1 aliphatic rings. The van der Waals surface area contributed by atoms with Crippen molar-refractivity contribution in [1.82, 2.24) is 10.2 Å². The predicted octanol–water partition coefficient (Wildman–Crippen LogP) is 5.78. The second kappa shape index (κ2) is 13.6. The summed E-state index contributed by atoms with van der Waals surface area (Å²) in [6, 6.07) is 17.8. The Bertz CT molecular complexity index is 1320. The molecule has 0 radical (unpaired) electrons. The number of halogens is 1. The first-order valence-electron chi connectivity index (χ1n) is 13.6. The molecule has 206 valence electrons. The van der Waals surface area contributed by atoms with Gasteiger partial charge in [0.1, 0.15) is 5.82 Å². The summed E-state index contributed by atoms with van der Waals surface area (Å²) in [7, 11) is -1.61. The summed E-state index contributed by atoms with van der Waals surface area (Å²) in [6.07, 6.45) is 4.50. The molecule has 6 nitrogen and oxygen atoms in total. The summed E-state index contributed by atoms with van der Waals surface area (Å²) in [4.78, 5) is 31.7. The SMILES string of the molecule is CCCCN(CCCC)CCNC(=O)c1ccc2c(c1)N(Cc1ccc(F)cc1)C(=O)c1ccccc1S2=O. The van der Waals surface area contributed by atoms with E-state index in [2.05, 4.69) is 24.1 Å². The molecule has 0 aliphatic carbocycles. The van der Waals surface area contributed by atoms with Gasteiger partial charge in [0, 0.05) is 18.7 Å². The Morgan fingerprint density at radius 2 is 1.62 bits per heavy atom. The van der Waals surface area contributed by atoms with Crippen LogP contribution in [0, 0.1) is 5.82 Å². The summed E-state index contributed by atoms with van der Waals surface area (Å²) in [6.45, 7) is 7.80. The number of nitrogens with zero attached hydrogens (tertiary/aromatic N) is 2. The van der Waals surface area contributed by atoms with Crippen LogP contribution in [0.2, 0.25) is 0 Å². The van der Waals surface area contributed by atoms with Crippen LogP contribution < -0.4 is 10.2 Å². The summed E-state index contributed by atoms with van der Waals surface area (Å²) < 4.78 is 27.1. The second-order valence-electron chi connectivity index (χ2n) is 9.77. The van der Waals surface area contributed by atoms with Gasteiger partial charge in [-0.2, -0.15) is 0 Å². The van der Waals surface area contributed by atoms with Crippen LogP contribution in [-0.4, -0.2) is 47.1 Å². The fraction of sp³-hybridized carbons (Fsp3) is 0.355. The predicted molar refractivity (Wildman–Crippen MR) is 153 cm³/mol. The summed E-state index contributed by atoms with van der Waals surface area (Å²) in [5.41, 5.74) is 1.87. The fourth-order valence-corrected chi connectivity index (χ4v) is 6.01. The Hall–Kier alpha value is -3.36. The molecule has 1 N–H and O–H groups in total. The van der Waals surface area contributed by atoms with Crippen molar-refractivity contribution in [2.24, 2.45) is 0 Å². The number of fused-ring (bicyclic) bond motifs is 2. The van der Waals surface area contributed by atoms with E-state index in [4.69, 9.17) is 0 Å². The lowest BCUT2D eigenvalue weighted by Crippen LogP contribution is -2.36. The average molecular weight is 550 g/mol. The fourth-order valence-electron chi connectivity index (χ4n) is 4.66. The number of anilines is 1. The highest BCUT2D eigenvalue weighted by molar-refractivity contribution is 7.85. The molecule has 0 aromatic heterocycles. The molecule has 4 rings (SSSR count). The molecular weight excluding hydrogens is 513 g/mol. The first-order chi connectivity index (χ1) is 18.9. The van der Waals surface area contributed by atoms with E-state index in [9.17, 15) is 18.2 Å². The number of amides is 2. The average Bonchev–Trinajstić information content (AvgIpc) is 3.04. The highest BCUT2D eigenvalue weighted by Crippen LogP contribution is 2.36. The van der Waals surface area contributed by atoms with Crippen LogP contribution in [-0.2, 0) is 17.3 Å². The monoisotopic (exact) mass is 549 g/mol. The van der Waals surface area contributed by atoms with E-state index in [0.29, 0.717) is 33.2 Å². The molecular formula is C31H36FN3O3S. The normalized spacial score (nSPS) is 14.6. The first-order valence-corrected chi connectivity index (χ1v) is 14.8. The van der Waals surface area contributed by atoms with E-state index < -0.39 is 10.8 Å².